The molecule has 2 aliphatic rings. The summed E-state index contributed by atoms with van der Waals surface area (Å²) < 4.78 is 37.7. The van der Waals surface area contributed by atoms with Crippen LogP contribution in [0.4, 0.5) is 11.5 Å². The van der Waals surface area contributed by atoms with Crippen LogP contribution in [0.2, 0.25) is 0 Å². The Kier molecular flexibility index (Phi) is 10.2. The first-order valence-corrected chi connectivity index (χ1v) is 17.8. The van der Waals surface area contributed by atoms with E-state index in [0.29, 0.717) is 54.6 Å². The summed E-state index contributed by atoms with van der Waals surface area (Å²) in [7, 11) is -3.89. The summed E-state index contributed by atoms with van der Waals surface area (Å²) in [6.45, 7) is 1.40. The molecule has 13 nitrogen and oxygen atoms in total. The van der Waals surface area contributed by atoms with Gasteiger partial charge in [-0.15, -0.1) is 0 Å². The number of aromatic nitrogens is 5. The van der Waals surface area contributed by atoms with E-state index in [4.69, 9.17) is 10.5 Å². The number of hydrogen-bond donors (Lipinski definition) is 4. The first-order valence-electron chi connectivity index (χ1n) is 16.3. The average Bonchev–Trinajstić information content (AvgIpc) is 3.73. The van der Waals surface area contributed by atoms with Gasteiger partial charge in [-0.2, -0.15) is 9.36 Å². The van der Waals surface area contributed by atoms with Gasteiger partial charge >= 0.3 is 5.69 Å². The molecule has 2 unspecified atom stereocenters. The van der Waals surface area contributed by atoms with Crippen LogP contribution in [0.1, 0.15) is 68.6 Å². The number of fused-ring (bicyclic) bond motifs is 1. The van der Waals surface area contributed by atoms with Gasteiger partial charge in [-0.05, 0) is 89.7 Å². The lowest BCUT2D eigenvalue weighted by Crippen LogP contribution is -2.36. The number of nitrogens with one attached hydrogen (secondary N) is 2. The summed E-state index contributed by atoms with van der Waals surface area (Å²) in [6.07, 6.45) is 10.6. The lowest BCUT2D eigenvalue weighted by atomic mass is 10.0. The molecule has 0 bridgehead atoms. The molecule has 2 aromatic heterocycles. The van der Waals surface area contributed by atoms with Gasteiger partial charge in [0.15, 0.2) is 0 Å². The monoisotopic (exact) mass is 662 g/mol. The first kappa shape index (κ1) is 32.7. The van der Waals surface area contributed by atoms with Crippen LogP contribution in [0.15, 0.2) is 70.5 Å². The average molecular weight is 663 g/mol. The Morgan fingerprint density at radius 1 is 1.02 bits per heavy atom. The Morgan fingerprint density at radius 2 is 1.83 bits per heavy atom. The van der Waals surface area contributed by atoms with Crippen molar-refractivity contribution in [3.63, 3.8) is 0 Å². The normalized spacial score (nSPS) is 17.3. The molecule has 1 aliphatic carbocycles. The van der Waals surface area contributed by atoms with Gasteiger partial charge in [0.1, 0.15) is 17.7 Å². The van der Waals surface area contributed by atoms with Crippen LogP contribution >= 0.6 is 0 Å². The Balaban J connectivity index is 0.998. The summed E-state index contributed by atoms with van der Waals surface area (Å²) in [5.41, 5.74) is 7.73. The van der Waals surface area contributed by atoms with Crippen molar-refractivity contribution < 1.29 is 18.3 Å². The van der Waals surface area contributed by atoms with Crippen molar-refractivity contribution in [2.24, 2.45) is 5.92 Å². The van der Waals surface area contributed by atoms with Crippen molar-refractivity contribution in [3.8, 4) is 11.4 Å². The lowest BCUT2D eigenvalue weighted by molar-refractivity contribution is 0.146. The fourth-order valence-electron chi connectivity index (χ4n) is 6.32. The number of aliphatic hydroxyl groups is 1. The predicted octanol–water partition coefficient (Wildman–Crippen LogP) is 3.58. The summed E-state index contributed by atoms with van der Waals surface area (Å²) in [4.78, 5) is 16.9. The number of ether oxygens (including phenoxy) is 1. The van der Waals surface area contributed by atoms with Crippen molar-refractivity contribution in [1.29, 1.82) is 0 Å². The molecule has 47 heavy (non-hydrogen) atoms. The highest BCUT2D eigenvalue weighted by molar-refractivity contribution is 7.92. The molecule has 2 aromatic carbocycles. The third-order valence-corrected chi connectivity index (χ3v) is 10.4. The van der Waals surface area contributed by atoms with Gasteiger partial charge in [-0.1, -0.05) is 44.6 Å². The number of anilines is 2. The van der Waals surface area contributed by atoms with Crippen LogP contribution in [-0.2, 0) is 23.0 Å². The second kappa shape index (κ2) is 14.7. The lowest BCUT2D eigenvalue weighted by Gasteiger charge is -2.27. The number of nitrogen functional groups attached to an aromatic ring is 1. The first-order chi connectivity index (χ1) is 22.7. The van der Waals surface area contributed by atoms with Crippen LogP contribution in [0.25, 0.3) is 5.69 Å². The third-order valence-electron chi connectivity index (χ3n) is 8.98. The Hall–Kier alpha value is -4.27. The predicted molar refractivity (Wildman–Crippen MR) is 178 cm³/mol. The zero-order valence-corrected chi connectivity index (χ0v) is 27.1. The largest absolute Gasteiger partial charge is 0.489 e. The molecule has 4 aromatic rings. The number of benzene rings is 2. The number of nitrogens with zero attached hydrogens (tertiary/aromatic N) is 5. The number of hydrogen-bond acceptors (Lipinski definition) is 10. The molecule has 0 saturated heterocycles. The Bertz CT molecular complexity index is 1800. The third kappa shape index (κ3) is 8.18. The maximum Gasteiger partial charge on any atom is 0.368 e. The molecule has 0 radical (unpaired) electrons. The fourth-order valence-corrected chi connectivity index (χ4v) is 7.37. The fraction of sp³-hybridized carbons (Fsp3) is 0.455. The van der Waals surface area contributed by atoms with Crippen molar-refractivity contribution in [1.82, 2.24) is 30.1 Å². The molecule has 2 atom stereocenters. The SMILES string of the molecule is Nc1ccc(C(O)CNCC2CCc3cc(NS(=O)(=O)c4ccc(-n5nnn(CCCCC6CCCC6)c5=O)cc4)ccc3O2)cn1. The summed E-state index contributed by atoms with van der Waals surface area (Å²) in [6, 6.07) is 14.6. The maximum absolute atomic E-state index is 13.2. The van der Waals surface area contributed by atoms with E-state index >= 15 is 0 Å². The summed E-state index contributed by atoms with van der Waals surface area (Å²) >= 11 is 0. The van der Waals surface area contributed by atoms with Gasteiger partial charge in [0.2, 0.25) is 0 Å². The minimum absolute atomic E-state index is 0.0608. The molecule has 5 N–H and O–H groups in total. The van der Waals surface area contributed by atoms with Crippen LogP contribution in [0.3, 0.4) is 0 Å². The highest BCUT2D eigenvalue weighted by Gasteiger charge is 2.22. The standard InChI is InChI=1S/C33H42N8O5S/c34-32-17-9-25(20-36-32)30(42)22-35-21-28-13-8-24-19-26(10-16-31(24)46-28)37-47(44,45)29-14-11-27(12-15-29)41-33(43)40(38-39-41)18-4-3-7-23-5-1-2-6-23/h9-12,14-17,19-20,23,28,30,35,37,42H,1-8,13,18,21-22H2,(H2,34,36). The van der Waals surface area contributed by atoms with Crippen molar-refractivity contribution in [2.75, 3.05) is 23.5 Å². The van der Waals surface area contributed by atoms with E-state index in [-0.39, 0.29) is 16.7 Å². The smallest absolute Gasteiger partial charge is 0.368 e. The number of nitrogens with two attached hydrogens (primary N) is 1. The Labute approximate surface area is 274 Å². The molecular weight excluding hydrogens is 620 g/mol. The van der Waals surface area contributed by atoms with Crippen LogP contribution in [0, 0.1) is 5.92 Å². The highest BCUT2D eigenvalue weighted by Crippen LogP contribution is 2.31. The van der Waals surface area contributed by atoms with E-state index in [2.05, 4.69) is 25.4 Å². The van der Waals surface area contributed by atoms with Crippen molar-refractivity contribution in [3.05, 3.63) is 82.4 Å². The molecular formula is C33H42N8O5S. The molecule has 3 heterocycles. The highest BCUT2D eigenvalue weighted by atomic mass is 32.2. The van der Waals surface area contributed by atoms with E-state index in [1.807, 2.05) is 0 Å². The molecule has 14 heteroatoms. The summed E-state index contributed by atoms with van der Waals surface area (Å²) in [5.74, 6) is 1.92. The van der Waals surface area contributed by atoms with E-state index in [1.165, 1.54) is 53.6 Å². The van der Waals surface area contributed by atoms with Gasteiger partial charge in [-0.3, -0.25) is 4.72 Å². The van der Waals surface area contributed by atoms with Gasteiger partial charge in [0.05, 0.1) is 16.7 Å². The quantitative estimate of drug-likeness (QED) is 0.146. The topological polar surface area (TPSA) is 179 Å². The van der Waals surface area contributed by atoms with Crippen LogP contribution < -0.4 is 26.2 Å². The number of aliphatic hydroxyl groups excluding tert-OH is 1. The Morgan fingerprint density at radius 3 is 2.60 bits per heavy atom. The maximum atomic E-state index is 13.2. The second-order valence-electron chi connectivity index (χ2n) is 12.4. The number of tetrazole rings is 1. The molecule has 1 saturated carbocycles. The molecule has 1 aliphatic heterocycles. The van der Waals surface area contributed by atoms with Gasteiger partial charge < -0.3 is 20.9 Å². The number of rotatable bonds is 14. The van der Waals surface area contributed by atoms with E-state index in [9.17, 15) is 18.3 Å². The van der Waals surface area contributed by atoms with E-state index in [0.717, 1.165) is 30.7 Å². The number of sulfonamides is 1. The zero-order valence-electron chi connectivity index (χ0n) is 26.3. The van der Waals surface area contributed by atoms with Crippen LogP contribution in [0.5, 0.6) is 5.75 Å². The minimum Gasteiger partial charge on any atom is -0.489 e. The van der Waals surface area contributed by atoms with Gasteiger partial charge in [-0.25, -0.2) is 18.2 Å². The van der Waals surface area contributed by atoms with Crippen molar-refractivity contribution in [2.45, 2.75) is 81.4 Å². The number of aryl methyl sites for hydroxylation is 2. The van der Waals surface area contributed by atoms with E-state index < -0.39 is 16.1 Å². The molecule has 0 spiro atoms. The minimum atomic E-state index is -3.89. The molecule has 0 amide bonds. The van der Waals surface area contributed by atoms with Gasteiger partial charge in [0, 0.05) is 37.1 Å². The number of unbranched alkanes of at least 4 members (excludes halogenated alkanes) is 1. The van der Waals surface area contributed by atoms with Gasteiger partial charge in [0.25, 0.3) is 10.0 Å². The summed E-state index contributed by atoms with van der Waals surface area (Å²) in [5, 5.41) is 21.7. The van der Waals surface area contributed by atoms with Crippen molar-refractivity contribution >= 4 is 21.5 Å². The van der Waals surface area contributed by atoms with Crippen LogP contribution in [-0.4, -0.2) is 57.5 Å². The molecule has 1 fully saturated rings. The molecule has 250 valence electrons. The number of pyridine rings is 1. The zero-order chi connectivity index (χ0) is 32.8. The second-order valence-corrected chi connectivity index (χ2v) is 14.1. The molecule has 6 rings (SSSR count). The van der Waals surface area contributed by atoms with E-state index in [1.54, 1.807) is 48.7 Å².